The molecular weight excluding hydrogens is 292 g/mol. The second kappa shape index (κ2) is 6.06. The molecular formula is C13H14N4OS2. The number of hydrogen-bond donors (Lipinski definition) is 1. The lowest BCUT2D eigenvalue weighted by molar-refractivity contribution is 0.0778. The van der Waals surface area contributed by atoms with Gasteiger partial charge in [-0.2, -0.15) is 0 Å². The van der Waals surface area contributed by atoms with Gasteiger partial charge in [0.25, 0.3) is 5.91 Å². The molecule has 0 saturated carbocycles. The van der Waals surface area contributed by atoms with Crippen LogP contribution in [0.1, 0.15) is 26.8 Å². The topological polar surface area (TPSA) is 72.1 Å². The Labute approximate surface area is 126 Å². The van der Waals surface area contributed by atoms with Crippen LogP contribution in [0.5, 0.6) is 0 Å². The van der Waals surface area contributed by atoms with Gasteiger partial charge in [0, 0.05) is 24.2 Å². The number of thiocarbonyl (C=S) groups is 1. The molecule has 0 bridgehead atoms. The molecule has 2 rings (SSSR count). The number of carbonyl (C=O) groups is 1. The van der Waals surface area contributed by atoms with Crippen LogP contribution in [0.4, 0.5) is 0 Å². The van der Waals surface area contributed by atoms with E-state index in [9.17, 15) is 4.79 Å². The van der Waals surface area contributed by atoms with Crippen molar-refractivity contribution in [3.8, 4) is 0 Å². The lowest BCUT2D eigenvalue weighted by Gasteiger charge is -2.15. The van der Waals surface area contributed by atoms with E-state index < -0.39 is 0 Å². The molecule has 0 aromatic carbocycles. The fourth-order valence-corrected chi connectivity index (χ4v) is 2.38. The third-order valence-corrected chi connectivity index (χ3v) is 3.74. The second-order valence-electron chi connectivity index (χ2n) is 4.32. The van der Waals surface area contributed by atoms with E-state index in [1.54, 1.807) is 35.4 Å². The average molecular weight is 306 g/mol. The molecule has 0 radical (unpaired) electrons. The molecule has 2 aromatic rings. The molecule has 20 heavy (non-hydrogen) atoms. The molecule has 2 aromatic heterocycles. The first kappa shape index (κ1) is 14.5. The van der Waals surface area contributed by atoms with Crippen LogP contribution in [0, 0.1) is 6.92 Å². The Morgan fingerprint density at radius 1 is 1.50 bits per heavy atom. The van der Waals surface area contributed by atoms with Crippen LogP contribution in [-0.4, -0.2) is 32.8 Å². The van der Waals surface area contributed by atoms with Crippen LogP contribution in [0.3, 0.4) is 0 Å². The highest BCUT2D eigenvalue weighted by Gasteiger charge is 2.14. The quantitative estimate of drug-likeness (QED) is 0.871. The summed E-state index contributed by atoms with van der Waals surface area (Å²) in [7, 11) is 1.72. The summed E-state index contributed by atoms with van der Waals surface area (Å²) in [5.74, 6) is -0.162. The molecule has 0 aliphatic carbocycles. The SMILES string of the molecule is Cc1nc(CN(C)C(=O)c2ccc(C(N)=S)cn2)cs1. The molecule has 7 heteroatoms. The van der Waals surface area contributed by atoms with Gasteiger partial charge in [-0.05, 0) is 19.1 Å². The molecule has 0 aliphatic rings. The van der Waals surface area contributed by atoms with E-state index in [-0.39, 0.29) is 10.9 Å². The van der Waals surface area contributed by atoms with Crippen LogP contribution in [0.2, 0.25) is 0 Å². The average Bonchev–Trinajstić information content (AvgIpc) is 2.83. The number of nitrogens with zero attached hydrogens (tertiary/aromatic N) is 3. The van der Waals surface area contributed by atoms with Crippen molar-refractivity contribution in [2.45, 2.75) is 13.5 Å². The molecule has 0 unspecified atom stereocenters. The molecule has 0 spiro atoms. The summed E-state index contributed by atoms with van der Waals surface area (Å²) < 4.78 is 0. The van der Waals surface area contributed by atoms with E-state index in [1.165, 1.54) is 6.20 Å². The normalized spacial score (nSPS) is 10.3. The van der Waals surface area contributed by atoms with Crippen molar-refractivity contribution in [2.75, 3.05) is 7.05 Å². The Bertz CT molecular complexity index is 636. The summed E-state index contributed by atoms with van der Waals surface area (Å²) >= 11 is 6.41. The molecule has 5 nitrogen and oxygen atoms in total. The molecule has 0 aliphatic heterocycles. The minimum atomic E-state index is -0.162. The van der Waals surface area contributed by atoms with Gasteiger partial charge in [0.1, 0.15) is 10.7 Å². The van der Waals surface area contributed by atoms with Crippen molar-refractivity contribution in [1.82, 2.24) is 14.9 Å². The van der Waals surface area contributed by atoms with Gasteiger partial charge >= 0.3 is 0 Å². The van der Waals surface area contributed by atoms with Crippen molar-refractivity contribution < 1.29 is 4.79 Å². The second-order valence-corrected chi connectivity index (χ2v) is 5.82. The van der Waals surface area contributed by atoms with E-state index in [0.29, 0.717) is 17.8 Å². The largest absolute Gasteiger partial charge is 0.389 e. The summed E-state index contributed by atoms with van der Waals surface area (Å²) in [6, 6.07) is 3.32. The zero-order valence-corrected chi connectivity index (χ0v) is 12.8. The molecule has 1 amide bonds. The fraction of sp³-hybridized carbons (Fsp3) is 0.231. The van der Waals surface area contributed by atoms with E-state index in [1.807, 2.05) is 12.3 Å². The van der Waals surface area contributed by atoms with E-state index in [0.717, 1.165) is 10.7 Å². The Morgan fingerprint density at radius 3 is 2.75 bits per heavy atom. The number of pyridine rings is 1. The third-order valence-electron chi connectivity index (χ3n) is 2.68. The first-order valence-electron chi connectivity index (χ1n) is 5.89. The number of amides is 1. The fourth-order valence-electron chi connectivity index (χ4n) is 1.66. The molecule has 0 fully saturated rings. The van der Waals surface area contributed by atoms with Crippen LogP contribution in [0.25, 0.3) is 0 Å². The monoisotopic (exact) mass is 306 g/mol. The maximum Gasteiger partial charge on any atom is 0.272 e. The number of rotatable bonds is 4. The molecule has 0 atom stereocenters. The van der Waals surface area contributed by atoms with E-state index >= 15 is 0 Å². The van der Waals surface area contributed by atoms with Gasteiger partial charge in [0.2, 0.25) is 0 Å². The number of thiazole rings is 1. The number of aromatic nitrogens is 2. The number of hydrogen-bond acceptors (Lipinski definition) is 5. The standard InChI is InChI=1S/C13H14N4OS2/c1-8-16-10(7-20-8)6-17(2)13(18)11-4-3-9(5-15-11)12(14)19/h3-5,7H,6H2,1-2H3,(H2,14,19). The van der Waals surface area contributed by atoms with Gasteiger partial charge in [-0.3, -0.25) is 9.78 Å². The number of carbonyl (C=O) groups excluding carboxylic acids is 1. The Morgan fingerprint density at radius 2 is 2.25 bits per heavy atom. The maximum atomic E-state index is 12.2. The van der Waals surface area contributed by atoms with Gasteiger partial charge in [-0.25, -0.2) is 4.98 Å². The van der Waals surface area contributed by atoms with Gasteiger partial charge in [-0.1, -0.05) is 12.2 Å². The van der Waals surface area contributed by atoms with Crippen molar-refractivity contribution >= 4 is 34.5 Å². The van der Waals surface area contributed by atoms with Crippen molar-refractivity contribution in [2.24, 2.45) is 5.73 Å². The molecule has 2 heterocycles. The van der Waals surface area contributed by atoms with Crippen molar-refractivity contribution in [3.63, 3.8) is 0 Å². The summed E-state index contributed by atoms with van der Waals surface area (Å²) in [6.45, 7) is 2.40. The van der Waals surface area contributed by atoms with Gasteiger partial charge in [-0.15, -0.1) is 11.3 Å². The zero-order chi connectivity index (χ0) is 14.7. The molecule has 2 N–H and O–H groups in total. The highest BCUT2D eigenvalue weighted by molar-refractivity contribution is 7.80. The summed E-state index contributed by atoms with van der Waals surface area (Å²) in [5.41, 5.74) is 7.38. The summed E-state index contributed by atoms with van der Waals surface area (Å²) in [6.07, 6.45) is 1.51. The zero-order valence-electron chi connectivity index (χ0n) is 11.2. The highest BCUT2D eigenvalue weighted by Crippen LogP contribution is 2.11. The van der Waals surface area contributed by atoms with Crippen LogP contribution >= 0.6 is 23.6 Å². The van der Waals surface area contributed by atoms with Crippen LogP contribution in [-0.2, 0) is 6.54 Å². The number of aryl methyl sites for hydroxylation is 1. The first-order chi connectivity index (χ1) is 9.47. The predicted molar refractivity (Wildman–Crippen MR) is 82.8 cm³/mol. The van der Waals surface area contributed by atoms with Crippen molar-refractivity contribution in [1.29, 1.82) is 0 Å². The van der Waals surface area contributed by atoms with Gasteiger partial charge < -0.3 is 10.6 Å². The Hall–Kier alpha value is -1.86. The smallest absolute Gasteiger partial charge is 0.272 e. The maximum absolute atomic E-state index is 12.2. The number of nitrogens with two attached hydrogens (primary N) is 1. The lowest BCUT2D eigenvalue weighted by Crippen LogP contribution is -2.27. The van der Waals surface area contributed by atoms with Crippen LogP contribution < -0.4 is 5.73 Å². The summed E-state index contributed by atoms with van der Waals surface area (Å²) in [4.78, 5) is 22.5. The minimum Gasteiger partial charge on any atom is -0.389 e. The summed E-state index contributed by atoms with van der Waals surface area (Å²) in [5, 5.41) is 2.93. The highest BCUT2D eigenvalue weighted by atomic mass is 32.1. The minimum absolute atomic E-state index is 0.162. The Kier molecular flexibility index (Phi) is 4.41. The third kappa shape index (κ3) is 3.37. The van der Waals surface area contributed by atoms with Crippen molar-refractivity contribution in [3.05, 3.63) is 45.7 Å². The molecule has 0 saturated heterocycles. The Balaban J connectivity index is 2.08. The first-order valence-corrected chi connectivity index (χ1v) is 7.18. The predicted octanol–water partition coefficient (Wildman–Crippen LogP) is 1.75. The van der Waals surface area contributed by atoms with Gasteiger partial charge in [0.05, 0.1) is 17.2 Å². The van der Waals surface area contributed by atoms with E-state index in [4.69, 9.17) is 18.0 Å². The van der Waals surface area contributed by atoms with Crippen LogP contribution in [0.15, 0.2) is 23.7 Å². The van der Waals surface area contributed by atoms with E-state index in [2.05, 4.69) is 9.97 Å². The molecule has 104 valence electrons. The lowest BCUT2D eigenvalue weighted by atomic mass is 10.2. The van der Waals surface area contributed by atoms with Gasteiger partial charge in [0.15, 0.2) is 0 Å².